The number of rotatable bonds is 7. The van der Waals surface area contributed by atoms with Crippen molar-refractivity contribution in [1.29, 1.82) is 0 Å². The Kier molecular flexibility index (Phi) is 7.53. The lowest BCUT2D eigenvalue weighted by Gasteiger charge is -2.12. The zero-order chi connectivity index (χ0) is 15.8. The first-order valence-electron chi connectivity index (χ1n) is 6.60. The van der Waals surface area contributed by atoms with Gasteiger partial charge < -0.3 is 15.7 Å². The minimum atomic E-state index is -0.791. The molecule has 1 atom stereocenters. The van der Waals surface area contributed by atoms with Crippen molar-refractivity contribution in [3.05, 3.63) is 27.7 Å². The number of benzene rings is 1. The van der Waals surface area contributed by atoms with E-state index in [1.54, 1.807) is 18.2 Å². The fourth-order valence-corrected chi connectivity index (χ4v) is 2.19. The van der Waals surface area contributed by atoms with E-state index in [1.807, 2.05) is 6.92 Å². The molecule has 0 saturated heterocycles. The molecule has 2 amide bonds. The number of urea groups is 1. The van der Waals surface area contributed by atoms with E-state index in [0.29, 0.717) is 28.1 Å². The first kappa shape index (κ1) is 17.8. The molecule has 5 nitrogen and oxygen atoms in total. The summed E-state index contributed by atoms with van der Waals surface area (Å²) in [6.07, 6.45) is 1.51. The van der Waals surface area contributed by atoms with Gasteiger partial charge in [0.15, 0.2) is 0 Å². The van der Waals surface area contributed by atoms with Crippen LogP contribution in [0, 0.1) is 5.92 Å². The maximum Gasteiger partial charge on any atom is 0.319 e. The standard InChI is InChI=1S/C14H18BrClN2O3/c1-9(2-5-13(19)20)6-7-17-14(21)18-10-3-4-12(16)11(15)8-10/h3-4,8-9H,2,5-7H2,1H3,(H,19,20)(H2,17,18,21). The SMILES string of the molecule is CC(CCNC(=O)Nc1ccc(Cl)c(Br)c1)CCC(=O)O. The van der Waals surface area contributed by atoms with E-state index < -0.39 is 5.97 Å². The highest BCUT2D eigenvalue weighted by atomic mass is 79.9. The van der Waals surface area contributed by atoms with Gasteiger partial charge in [-0.05, 0) is 52.9 Å². The monoisotopic (exact) mass is 376 g/mol. The molecule has 21 heavy (non-hydrogen) atoms. The van der Waals surface area contributed by atoms with Crippen molar-refractivity contribution in [2.24, 2.45) is 5.92 Å². The molecule has 7 heteroatoms. The molecule has 0 aliphatic rings. The number of hydrogen-bond acceptors (Lipinski definition) is 2. The van der Waals surface area contributed by atoms with Crippen LogP contribution < -0.4 is 10.6 Å². The smallest absolute Gasteiger partial charge is 0.319 e. The number of anilines is 1. The quantitative estimate of drug-likeness (QED) is 0.669. The molecule has 116 valence electrons. The molecule has 0 heterocycles. The van der Waals surface area contributed by atoms with Crippen LogP contribution in [0.15, 0.2) is 22.7 Å². The number of nitrogens with one attached hydrogen (secondary N) is 2. The fourth-order valence-electron chi connectivity index (χ4n) is 1.70. The predicted molar refractivity (Wildman–Crippen MR) is 86.8 cm³/mol. The zero-order valence-corrected chi connectivity index (χ0v) is 14.0. The average molecular weight is 378 g/mol. The molecule has 0 saturated carbocycles. The van der Waals surface area contributed by atoms with Crippen LogP contribution in [-0.4, -0.2) is 23.7 Å². The molecule has 0 aliphatic heterocycles. The van der Waals surface area contributed by atoms with E-state index >= 15 is 0 Å². The summed E-state index contributed by atoms with van der Waals surface area (Å²) in [4.78, 5) is 22.1. The number of amides is 2. The molecule has 1 aromatic rings. The highest BCUT2D eigenvalue weighted by Gasteiger charge is 2.07. The van der Waals surface area contributed by atoms with Gasteiger partial charge in [0.25, 0.3) is 0 Å². The van der Waals surface area contributed by atoms with Gasteiger partial charge in [0.05, 0.1) is 5.02 Å². The number of hydrogen-bond donors (Lipinski definition) is 3. The van der Waals surface area contributed by atoms with Crippen molar-refractivity contribution in [3.8, 4) is 0 Å². The third-order valence-corrected chi connectivity index (χ3v) is 4.17. The summed E-state index contributed by atoms with van der Waals surface area (Å²) in [5.41, 5.74) is 0.641. The molecule has 0 fully saturated rings. The predicted octanol–water partition coefficient (Wildman–Crippen LogP) is 4.12. The third kappa shape index (κ3) is 7.34. The van der Waals surface area contributed by atoms with Gasteiger partial charge in [-0.3, -0.25) is 4.79 Å². The van der Waals surface area contributed by atoms with Gasteiger partial charge in [-0.1, -0.05) is 18.5 Å². The van der Waals surface area contributed by atoms with Crippen LogP contribution in [0.25, 0.3) is 0 Å². The number of carbonyl (C=O) groups excluding carboxylic acids is 1. The Morgan fingerprint density at radius 2 is 2.10 bits per heavy atom. The second-order valence-corrected chi connectivity index (χ2v) is 6.10. The minimum Gasteiger partial charge on any atom is -0.481 e. The number of aliphatic carboxylic acids is 1. The Morgan fingerprint density at radius 1 is 1.38 bits per heavy atom. The van der Waals surface area contributed by atoms with Crippen LogP contribution >= 0.6 is 27.5 Å². The first-order valence-corrected chi connectivity index (χ1v) is 7.77. The summed E-state index contributed by atoms with van der Waals surface area (Å²) in [7, 11) is 0. The lowest BCUT2D eigenvalue weighted by molar-refractivity contribution is -0.137. The molecule has 3 N–H and O–H groups in total. The van der Waals surface area contributed by atoms with Crippen molar-refractivity contribution in [3.63, 3.8) is 0 Å². The van der Waals surface area contributed by atoms with Crippen molar-refractivity contribution in [1.82, 2.24) is 5.32 Å². The lowest BCUT2D eigenvalue weighted by atomic mass is 10.0. The topological polar surface area (TPSA) is 78.4 Å². The molecule has 0 bridgehead atoms. The molecule has 0 aliphatic carbocycles. The van der Waals surface area contributed by atoms with E-state index in [1.165, 1.54) is 0 Å². The van der Waals surface area contributed by atoms with Gasteiger partial charge in [-0.15, -0.1) is 0 Å². The van der Waals surface area contributed by atoms with Gasteiger partial charge in [-0.25, -0.2) is 4.79 Å². The van der Waals surface area contributed by atoms with E-state index in [0.717, 1.165) is 6.42 Å². The summed E-state index contributed by atoms with van der Waals surface area (Å²) in [6.45, 7) is 2.47. The van der Waals surface area contributed by atoms with Crippen LogP contribution in [0.4, 0.5) is 10.5 Å². The molecule has 1 aromatic carbocycles. The number of halogens is 2. The van der Waals surface area contributed by atoms with E-state index in [4.69, 9.17) is 16.7 Å². The Hall–Kier alpha value is -1.27. The Bertz CT molecular complexity index is 511. The van der Waals surface area contributed by atoms with Crippen LogP contribution in [0.2, 0.25) is 5.02 Å². The van der Waals surface area contributed by atoms with Gasteiger partial charge >= 0.3 is 12.0 Å². The van der Waals surface area contributed by atoms with Crippen LogP contribution in [0.1, 0.15) is 26.2 Å². The Balaban J connectivity index is 2.27. The summed E-state index contributed by atoms with van der Waals surface area (Å²) in [6, 6.07) is 4.82. The molecule has 0 radical (unpaired) electrons. The molecule has 1 rings (SSSR count). The maximum absolute atomic E-state index is 11.7. The van der Waals surface area contributed by atoms with E-state index in [2.05, 4.69) is 26.6 Å². The van der Waals surface area contributed by atoms with E-state index in [-0.39, 0.29) is 18.4 Å². The van der Waals surface area contributed by atoms with Crippen LogP contribution in [-0.2, 0) is 4.79 Å². The van der Waals surface area contributed by atoms with Gasteiger partial charge in [0.1, 0.15) is 0 Å². The normalized spacial score (nSPS) is 11.8. The van der Waals surface area contributed by atoms with Crippen molar-refractivity contribution in [2.75, 3.05) is 11.9 Å². The number of carbonyl (C=O) groups is 2. The fraction of sp³-hybridized carbons (Fsp3) is 0.429. The molecular weight excluding hydrogens is 360 g/mol. The van der Waals surface area contributed by atoms with Gasteiger partial charge in [0, 0.05) is 23.1 Å². The molecule has 0 aromatic heterocycles. The second-order valence-electron chi connectivity index (χ2n) is 4.84. The minimum absolute atomic E-state index is 0.159. The molecule has 1 unspecified atom stereocenters. The molecule has 0 spiro atoms. The summed E-state index contributed by atoms with van der Waals surface area (Å²) >= 11 is 9.16. The summed E-state index contributed by atoms with van der Waals surface area (Å²) < 4.78 is 0.712. The van der Waals surface area contributed by atoms with Crippen molar-refractivity contribution >= 4 is 45.2 Å². The van der Waals surface area contributed by atoms with E-state index in [9.17, 15) is 9.59 Å². The van der Waals surface area contributed by atoms with Gasteiger partial charge in [0.2, 0.25) is 0 Å². The lowest BCUT2D eigenvalue weighted by Crippen LogP contribution is -2.30. The third-order valence-electron chi connectivity index (χ3n) is 2.95. The summed E-state index contributed by atoms with van der Waals surface area (Å²) in [5.74, 6) is -0.535. The molecular formula is C14H18BrClN2O3. The Labute approximate surface area is 137 Å². The highest BCUT2D eigenvalue weighted by molar-refractivity contribution is 9.10. The van der Waals surface area contributed by atoms with Crippen LogP contribution in [0.5, 0.6) is 0 Å². The van der Waals surface area contributed by atoms with Gasteiger partial charge in [-0.2, -0.15) is 0 Å². The number of carboxylic acids is 1. The van der Waals surface area contributed by atoms with Crippen molar-refractivity contribution < 1.29 is 14.7 Å². The highest BCUT2D eigenvalue weighted by Crippen LogP contribution is 2.25. The van der Waals surface area contributed by atoms with Crippen molar-refractivity contribution in [2.45, 2.75) is 26.2 Å². The average Bonchev–Trinajstić information content (AvgIpc) is 2.40. The summed E-state index contributed by atoms with van der Waals surface area (Å²) in [5, 5.41) is 14.6. The Morgan fingerprint density at radius 3 is 2.71 bits per heavy atom. The second kappa shape index (κ2) is 8.89. The zero-order valence-electron chi connectivity index (χ0n) is 11.7. The number of carboxylic acid groups (broad SMARTS) is 1. The first-order chi connectivity index (χ1) is 9.88. The van der Waals surface area contributed by atoms with Crippen LogP contribution in [0.3, 0.4) is 0 Å². The largest absolute Gasteiger partial charge is 0.481 e. The maximum atomic E-state index is 11.7.